The minimum Gasteiger partial charge on any atom is -0.0893 e. The highest BCUT2D eigenvalue weighted by Crippen LogP contribution is 2.60. The van der Waals surface area contributed by atoms with Crippen molar-refractivity contribution in [3.05, 3.63) is 24.3 Å². The fourth-order valence-electron chi connectivity index (χ4n) is 4.16. The number of hydrogen-bond donors (Lipinski definition) is 0. The summed E-state index contributed by atoms with van der Waals surface area (Å²) in [6.07, 6.45) is 24.8. The molecule has 0 aliphatic heterocycles. The molecular formula is C17H27P. The van der Waals surface area contributed by atoms with E-state index in [-0.39, 0.29) is 7.92 Å². The summed E-state index contributed by atoms with van der Waals surface area (Å²) in [5.74, 6) is 0. The van der Waals surface area contributed by atoms with Crippen LogP contribution < -0.4 is 0 Å². The van der Waals surface area contributed by atoms with Gasteiger partial charge >= 0.3 is 0 Å². The highest BCUT2D eigenvalue weighted by Gasteiger charge is 2.34. The minimum absolute atomic E-state index is 0.228. The SMILES string of the molecule is C1=CC(P(C2CCCCC2)C2CCCCC2)C=C1. The van der Waals surface area contributed by atoms with E-state index in [0.29, 0.717) is 0 Å². The van der Waals surface area contributed by atoms with Gasteiger partial charge in [-0.05, 0) is 37.0 Å². The zero-order valence-electron chi connectivity index (χ0n) is 11.6. The van der Waals surface area contributed by atoms with Crippen molar-refractivity contribution in [2.75, 3.05) is 0 Å². The van der Waals surface area contributed by atoms with E-state index in [2.05, 4.69) is 24.3 Å². The fraction of sp³-hybridized carbons (Fsp3) is 0.765. The topological polar surface area (TPSA) is 0 Å². The Hall–Kier alpha value is -0.0900. The predicted molar refractivity (Wildman–Crippen MR) is 82.7 cm³/mol. The van der Waals surface area contributed by atoms with E-state index in [0.717, 1.165) is 17.0 Å². The molecule has 2 fully saturated rings. The quantitative estimate of drug-likeness (QED) is 0.578. The van der Waals surface area contributed by atoms with E-state index in [9.17, 15) is 0 Å². The third-order valence-corrected chi connectivity index (χ3v) is 8.82. The van der Waals surface area contributed by atoms with E-state index in [4.69, 9.17) is 0 Å². The molecule has 0 spiro atoms. The maximum atomic E-state index is 2.51. The number of rotatable bonds is 3. The predicted octanol–water partition coefficient (Wildman–Crippen LogP) is 5.63. The third kappa shape index (κ3) is 2.90. The van der Waals surface area contributed by atoms with Crippen LogP contribution in [-0.4, -0.2) is 17.0 Å². The first-order valence-electron chi connectivity index (χ1n) is 8.07. The second-order valence-electron chi connectivity index (χ2n) is 6.29. The van der Waals surface area contributed by atoms with Gasteiger partial charge in [0.1, 0.15) is 0 Å². The monoisotopic (exact) mass is 262 g/mol. The summed E-state index contributed by atoms with van der Waals surface area (Å²) in [5, 5.41) is 0. The first kappa shape index (κ1) is 12.9. The molecule has 0 amide bonds. The van der Waals surface area contributed by atoms with Gasteiger partial charge in [0.25, 0.3) is 0 Å². The lowest BCUT2D eigenvalue weighted by molar-refractivity contribution is 0.483. The Morgan fingerprint density at radius 2 is 1.06 bits per heavy atom. The van der Waals surface area contributed by atoms with Crippen LogP contribution in [0.3, 0.4) is 0 Å². The van der Waals surface area contributed by atoms with E-state index >= 15 is 0 Å². The first-order chi connectivity index (χ1) is 8.95. The molecule has 0 bridgehead atoms. The Labute approximate surface area is 114 Å². The van der Waals surface area contributed by atoms with Crippen LogP contribution >= 0.6 is 7.92 Å². The second kappa shape index (κ2) is 6.38. The zero-order chi connectivity index (χ0) is 12.2. The summed E-state index contributed by atoms with van der Waals surface area (Å²) in [6.45, 7) is 0. The van der Waals surface area contributed by atoms with Crippen LogP contribution in [0.4, 0.5) is 0 Å². The average molecular weight is 262 g/mol. The van der Waals surface area contributed by atoms with Gasteiger partial charge in [-0.3, -0.25) is 0 Å². The lowest BCUT2D eigenvalue weighted by Crippen LogP contribution is -2.24. The molecule has 1 heteroatoms. The Balaban J connectivity index is 1.73. The van der Waals surface area contributed by atoms with Gasteiger partial charge in [0, 0.05) is 5.66 Å². The van der Waals surface area contributed by atoms with Crippen molar-refractivity contribution in [3.8, 4) is 0 Å². The van der Waals surface area contributed by atoms with Gasteiger partial charge in [-0.15, -0.1) is 0 Å². The summed E-state index contributed by atoms with van der Waals surface area (Å²) in [4.78, 5) is 0. The molecule has 0 aromatic rings. The Kier molecular flexibility index (Phi) is 4.58. The van der Waals surface area contributed by atoms with Crippen molar-refractivity contribution < 1.29 is 0 Å². The van der Waals surface area contributed by atoms with Crippen molar-refractivity contribution in [3.63, 3.8) is 0 Å². The van der Waals surface area contributed by atoms with E-state index in [1.165, 1.54) is 38.5 Å². The van der Waals surface area contributed by atoms with Crippen LogP contribution in [0.15, 0.2) is 24.3 Å². The van der Waals surface area contributed by atoms with Crippen molar-refractivity contribution in [1.82, 2.24) is 0 Å². The molecule has 3 aliphatic rings. The highest BCUT2D eigenvalue weighted by molar-refractivity contribution is 7.60. The Bertz CT molecular complexity index is 276. The maximum Gasteiger partial charge on any atom is 0.0161 e. The molecule has 3 aliphatic carbocycles. The zero-order valence-corrected chi connectivity index (χ0v) is 12.5. The normalized spacial score (nSPS) is 27.4. The summed E-state index contributed by atoms with van der Waals surface area (Å²) in [6, 6.07) is 0. The number of allylic oxidation sites excluding steroid dienone is 4. The molecule has 0 aromatic carbocycles. The molecule has 18 heavy (non-hydrogen) atoms. The molecule has 0 unspecified atom stereocenters. The van der Waals surface area contributed by atoms with Gasteiger partial charge in [-0.1, -0.05) is 70.8 Å². The van der Waals surface area contributed by atoms with Crippen molar-refractivity contribution >= 4 is 7.92 Å². The highest BCUT2D eigenvalue weighted by atomic mass is 31.1. The van der Waals surface area contributed by atoms with Gasteiger partial charge < -0.3 is 0 Å². The van der Waals surface area contributed by atoms with Crippen LogP contribution in [0, 0.1) is 0 Å². The lowest BCUT2D eigenvalue weighted by atomic mass is 9.99. The molecule has 0 heterocycles. The summed E-state index contributed by atoms with van der Waals surface area (Å²) in [5.41, 5.74) is 3.02. The second-order valence-corrected chi connectivity index (χ2v) is 9.24. The van der Waals surface area contributed by atoms with Crippen molar-refractivity contribution in [2.45, 2.75) is 81.2 Å². The molecule has 0 aromatic heterocycles. The van der Waals surface area contributed by atoms with Gasteiger partial charge in [0.15, 0.2) is 0 Å². The molecule has 0 atom stereocenters. The maximum absolute atomic E-state index is 2.51. The van der Waals surface area contributed by atoms with Gasteiger partial charge in [0.05, 0.1) is 0 Å². The smallest absolute Gasteiger partial charge is 0.0161 e. The standard InChI is InChI=1S/C17H27P/c1-3-9-15(10-4-1)18(17-13-7-8-14-17)16-11-5-2-6-12-16/h7-8,13-17H,1-6,9-12H2. The Morgan fingerprint density at radius 1 is 0.611 bits per heavy atom. The van der Waals surface area contributed by atoms with E-state index < -0.39 is 0 Å². The van der Waals surface area contributed by atoms with Crippen LogP contribution in [0.2, 0.25) is 0 Å². The molecule has 100 valence electrons. The van der Waals surface area contributed by atoms with Crippen LogP contribution in [-0.2, 0) is 0 Å². The van der Waals surface area contributed by atoms with E-state index in [1.807, 2.05) is 0 Å². The van der Waals surface area contributed by atoms with Gasteiger partial charge in [-0.2, -0.15) is 0 Å². The summed E-state index contributed by atoms with van der Waals surface area (Å²) in [7, 11) is 0.228. The van der Waals surface area contributed by atoms with Crippen LogP contribution in [0.25, 0.3) is 0 Å². The van der Waals surface area contributed by atoms with Gasteiger partial charge in [-0.25, -0.2) is 0 Å². The third-order valence-electron chi connectivity index (χ3n) is 5.06. The minimum atomic E-state index is 0.228. The Morgan fingerprint density at radius 3 is 1.50 bits per heavy atom. The number of hydrogen-bond acceptors (Lipinski definition) is 0. The largest absolute Gasteiger partial charge is 0.0893 e. The van der Waals surface area contributed by atoms with Crippen LogP contribution in [0.5, 0.6) is 0 Å². The lowest BCUT2D eigenvalue weighted by Gasteiger charge is -2.41. The first-order valence-corrected chi connectivity index (χ1v) is 9.62. The molecule has 0 nitrogen and oxygen atoms in total. The molecule has 0 N–H and O–H groups in total. The molecule has 0 radical (unpaired) electrons. The fourth-order valence-corrected chi connectivity index (χ4v) is 8.25. The summed E-state index contributed by atoms with van der Waals surface area (Å²) >= 11 is 0. The van der Waals surface area contributed by atoms with Crippen molar-refractivity contribution in [2.24, 2.45) is 0 Å². The molecular weight excluding hydrogens is 235 g/mol. The average Bonchev–Trinajstić information content (AvgIpc) is 2.95. The van der Waals surface area contributed by atoms with E-state index in [1.54, 1.807) is 25.7 Å². The summed E-state index contributed by atoms with van der Waals surface area (Å²) < 4.78 is 0. The molecule has 0 saturated heterocycles. The molecule has 3 rings (SSSR count). The van der Waals surface area contributed by atoms with Crippen LogP contribution in [0.1, 0.15) is 64.2 Å². The molecule has 2 saturated carbocycles. The van der Waals surface area contributed by atoms with Crippen molar-refractivity contribution in [1.29, 1.82) is 0 Å². The van der Waals surface area contributed by atoms with Gasteiger partial charge in [0.2, 0.25) is 0 Å².